The SMILES string of the molecule is O=C(Cc1ccccn1)NCCc1ccc(Cl)cc1Cl. The van der Waals surface area contributed by atoms with Gasteiger partial charge in [-0.05, 0) is 36.2 Å². The summed E-state index contributed by atoms with van der Waals surface area (Å²) < 4.78 is 0. The molecule has 104 valence electrons. The Kier molecular flexibility index (Phi) is 5.39. The molecule has 0 aliphatic heterocycles. The maximum atomic E-state index is 11.7. The first-order valence-electron chi connectivity index (χ1n) is 6.25. The van der Waals surface area contributed by atoms with Crippen LogP contribution in [0.15, 0.2) is 42.6 Å². The fourth-order valence-electron chi connectivity index (χ4n) is 1.79. The molecule has 0 saturated heterocycles. The van der Waals surface area contributed by atoms with Gasteiger partial charge in [0.2, 0.25) is 5.91 Å². The summed E-state index contributed by atoms with van der Waals surface area (Å²) in [5.74, 6) is -0.0474. The number of amides is 1. The van der Waals surface area contributed by atoms with Crippen molar-refractivity contribution >= 4 is 29.1 Å². The fourth-order valence-corrected chi connectivity index (χ4v) is 2.29. The molecule has 2 rings (SSSR count). The van der Waals surface area contributed by atoms with E-state index in [0.29, 0.717) is 23.0 Å². The lowest BCUT2D eigenvalue weighted by atomic mass is 10.1. The molecule has 0 spiro atoms. The van der Waals surface area contributed by atoms with Gasteiger partial charge in [0.25, 0.3) is 0 Å². The van der Waals surface area contributed by atoms with E-state index in [4.69, 9.17) is 23.2 Å². The average molecular weight is 309 g/mol. The quantitative estimate of drug-likeness (QED) is 0.921. The molecule has 1 heterocycles. The summed E-state index contributed by atoms with van der Waals surface area (Å²) in [7, 11) is 0. The summed E-state index contributed by atoms with van der Waals surface area (Å²) in [6.07, 6.45) is 2.63. The third kappa shape index (κ3) is 4.51. The van der Waals surface area contributed by atoms with Gasteiger partial charge in [0.1, 0.15) is 0 Å². The molecule has 2 aromatic rings. The summed E-state index contributed by atoms with van der Waals surface area (Å²) in [4.78, 5) is 15.8. The minimum absolute atomic E-state index is 0.0474. The van der Waals surface area contributed by atoms with Crippen molar-refractivity contribution in [1.29, 1.82) is 0 Å². The van der Waals surface area contributed by atoms with Crippen LogP contribution in [0.25, 0.3) is 0 Å². The number of rotatable bonds is 5. The van der Waals surface area contributed by atoms with E-state index in [1.807, 2.05) is 24.3 Å². The molecular weight excluding hydrogens is 295 g/mol. The number of pyridine rings is 1. The highest BCUT2D eigenvalue weighted by molar-refractivity contribution is 6.35. The summed E-state index contributed by atoms with van der Waals surface area (Å²) in [5, 5.41) is 4.08. The predicted molar refractivity (Wildman–Crippen MR) is 81.1 cm³/mol. The Morgan fingerprint density at radius 2 is 2.05 bits per heavy atom. The first-order chi connectivity index (χ1) is 9.65. The molecule has 5 heteroatoms. The van der Waals surface area contributed by atoms with E-state index in [0.717, 1.165) is 11.3 Å². The van der Waals surface area contributed by atoms with E-state index in [9.17, 15) is 4.79 Å². The second-order valence-corrected chi connectivity index (χ2v) is 5.18. The maximum Gasteiger partial charge on any atom is 0.226 e. The molecule has 1 amide bonds. The Bertz CT molecular complexity index is 588. The van der Waals surface area contributed by atoms with Crippen LogP contribution in [0.2, 0.25) is 10.0 Å². The van der Waals surface area contributed by atoms with Crippen LogP contribution in [0.3, 0.4) is 0 Å². The molecule has 1 aromatic carbocycles. The second-order valence-electron chi connectivity index (χ2n) is 4.33. The zero-order valence-corrected chi connectivity index (χ0v) is 12.3. The van der Waals surface area contributed by atoms with E-state index in [1.54, 1.807) is 18.3 Å². The Morgan fingerprint density at radius 1 is 1.20 bits per heavy atom. The van der Waals surface area contributed by atoms with E-state index in [-0.39, 0.29) is 12.3 Å². The number of carbonyl (C=O) groups is 1. The van der Waals surface area contributed by atoms with Gasteiger partial charge in [0.05, 0.1) is 6.42 Å². The standard InChI is InChI=1S/C15H14Cl2N2O/c16-12-5-4-11(14(17)9-12)6-8-19-15(20)10-13-3-1-2-7-18-13/h1-5,7,9H,6,8,10H2,(H,19,20). The third-order valence-corrected chi connectivity index (χ3v) is 3.39. The number of nitrogens with one attached hydrogen (secondary N) is 1. The Morgan fingerprint density at radius 3 is 2.75 bits per heavy atom. The van der Waals surface area contributed by atoms with Gasteiger partial charge in [-0.25, -0.2) is 0 Å². The van der Waals surface area contributed by atoms with Crippen molar-refractivity contribution in [3.05, 3.63) is 63.9 Å². The number of benzene rings is 1. The molecular formula is C15H14Cl2N2O. The van der Waals surface area contributed by atoms with Crippen molar-refractivity contribution in [3.63, 3.8) is 0 Å². The third-order valence-electron chi connectivity index (χ3n) is 2.80. The van der Waals surface area contributed by atoms with Gasteiger partial charge in [0, 0.05) is 28.5 Å². The molecule has 0 aliphatic rings. The van der Waals surface area contributed by atoms with Gasteiger partial charge in [-0.1, -0.05) is 35.3 Å². The fraction of sp³-hybridized carbons (Fsp3) is 0.200. The molecule has 0 radical (unpaired) electrons. The molecule has 0 unspecified atom stereocenters. The number of aromatic nitrogens is 1. The van der Waals surface area contributed by atoms with Crippen LogP contribution in [0.4, 0.5) is 0 Å². The lowest BCUT2D eigenvalue weighted by Crippen LogP contribution is -2.27. The predicted octanol–water partition coefficient (Wildman–Crippen LogP) is 3.29. The molecule has 0 atom stereocenters. The number of halogens is 2. The molecule has 1 N–H and O–H groups in total. The topological polar surface area (TPSA) is 42.0 Å². The molecule has 0 saturated carbocycles. The normalized spacial score (nSPS) is 10.3. The highest BCUT2D eigenvalue weighted by Crippen LogP contribution is 2.20. The van der Waals surface area contributed by atoms with Crippen LogP contribution < -0.4 is 5.32 Å². The highest BCUT2D eigenvalue weighted by Gasteiger charge is 2.05. The van der Waals surface area contributed by atoms with Gasteiger partial charge >= 0.3 is 0 Å². The van der Waals surface area contributed by atoms with Crippen LogP contribution in [0.5, 0.6) is 0 Å². The Labute approximate surface area is 127 Å². The monoisotopic (exact) mass is 308 g/mol. The van der Waals surface area contributed by atoms with Crippen LogP contribution >= 0.6 is 23.2 Å². The van der Waals surface area contributed by atoms with Crippen molar-refractivity contribution in [1.82, 2.24) is 10.3 Å². The van der Waals surface area contributed by atoms with Gasteiger partial charge in [-0.15, -0.1) is 0 Å². The van der Waals surface area contributed by atoms with E-state index >= 15 is 0 Å². The molecule has 3 nitrogen and oxygen atoms in total. The smallest absolute Gasteiger partial charge is 0.226 e. The van der Waals surface area contributed by atoms with E-state index in [1.165, 1.54) is 0 Å². The van der Waals surface area contributed by atoms with Crippen LogP contribution in [-0.4, -0.2) is 17.4 Å². The zero-order chi connectivity index (χ0) is 14.4. The summed E-state index contributed by atoms with van der Waals surface area (Å²) in [6, 6.07) is 10.9. The molecule has 0 fully saturated rings. The summed E-state index contributed by atoms with van der Waals surface area (Å²) in [6.45, 7) is 0.535. The largest absolute Gasteiger partial charge is 0.355 e. The molecule has 1 aromatic heterocycles. The van der Waals surface area contributed by atoms with Crippen molar-refractivity contribution in [2.24, 2.45) is 0 Å². The van der Waals surface area contributed by atoms with E-state index in [2.05, 4.69) is 10.3 Å². The minimum Gasteiger partial charge on any atom is -0.355 e. The summed E-state index contributed by atoms with van der Waals surface area (Å²) in [5.41, 5.74) is 1.73. The summed E-state index contributed by atoms with van der Waals surface area (Å²) >= 11 is 11.9. The number of carbonyl (C=O) groups excluding carboxylic acids is 1. The Hall–Kier alpha value is -1.58. The van der Waals surface area contributed by atoms with Gasteiger partial charge in [0.15, 0.2) is 0 Å². The first kappa shape index (κ1) is 14.8. The lowest BCUT2D eigenvalue weighted by molar-refractivity contribution is -0.120. The molecule has 20 heavy (non-hydrogen) atoms. The highest BCUT2D eigenvalue weighted by atomic mass is 35.5. The maximum absolute atomic E-state index is 11.7. The number of nitrogens with zero attached hydrogens (tertiary/aromatic N) is 1. The van der Waals surface area contributed by atoms with Crippen LogP contribution in [0, 0.1) is 0 Å². The van der Waals surface area contributed by atoms with Crippen LogP contribution in [0.1, 0.15) is 11.3 Å². The Balaban J connectivity index is 1.79. The van der Waals surface area contributed by atoms with Crippen LogP contribution in [-0.2, 0) is 17.6 Å². The lowest BCUT2D eigenvalue weighted by Gasteiger charge is -2.07. The second kappa shape index (κ2) is 7.27. The van der Waals surface area contributed by atoms with Crippen molar-refractivity contribution in [2.75, 3.05) is 6.54 Å². The molecule has 0 aliphatic carbocycles. The number of hydrogen-bond donors (Lipinski definition) is 1. The van der Waals surface area contributed by atoms with Crippen molar-refractivity contribution in [3.8, 4) is 0 Å². The van der Waals surface area contributed by atoms with Gasteiger partial charge in [-0.2, -0.15) is 0 Å². The minimum atomic E-state index is -0.0474. The van der Waals surface area contributed by atoms with E-state index < -0.39 is 0 Å². The average Bonchev–Trinajstić information content (AvgIpc) is 2.42. The zero-order valence-electron chi connectivity index (χ0n) is 10.8. The van der Waals surface area contributed by atoms with Gasteiger partial charge in [-0.3, -0.25) is 9.78 Å². The van der Waals surface area contributed by atoms with Crippen molar-refractivity contribution in [2.45, 2.75) is 12.8 Å². The first-order valence-corrected chi connectivity index (χ1v) is 7.01. The molecule has 0 bridgehead atoms. The number of hydrogen-bond acceptors (Lipinski definition) is 2. The van der Waals surface area contributed by atoms with Crippen molar-refractivity contribution < 1.29 is 4.79 Å². The van der Waals surface area contributed by atoms with Gasteiger partial charge < -0.3 is 5.32 Å².